The van der Waals surface area contributed by atoms with E-state index in [0.717, 1.165) is 21.9 Å². The average molecular weight is 556 g/mol. The van der Waals surface area contributed by atoms with E-state index in [-0.39, 0.29) is 23.0 Å². The molecule has 0 aliphatic carbocycles. The van der Waals surface area contributed by atoms with Crippen molar-refractivity contribution < 1.29 is 18.0 Å². The molecular weight excluding hydrogens is 522 g/mol. The molecule has 38 heavy (non-hydrogen) atoms. The Balaban J connectivity index is 2.04. The van der Waals surface area contributed by atoms with Gasteiger partial charge in [-0.1, -0.05) is 79.5 Å². The number of anilines is 1. The molecule has 0 aromatic heterocycles. The Morgan fingerprint density at radius 2 is 1.63 bits per heavy atom. The van der Waals surface area contributed by atoms with Crippen molar-refractivity contribution in [3.8, 4) is 0 Å². The van der Waals surface area contributed by atoms with Crippen molar-refractivity contribution in [2.24, 2.45) is 0 Å². The van der Waals surface area contributed by atoms with Gasteiger partial charge in [0.25, 0.3) is 10.0 Å². The van der Waals surface area contributed by atoms with Crippen LogP contribution in [-0.4, -0.2) is 44.3 Å². The summed E-state index contributed by atoms with van der Waals surface area (Å²) >= 11 is 6.21. The predicted octanol–water partition coefficient (Wildman–Crippen LogP) is 5.18. The van der Waals surface area contributed by atoms with E-state index >= 15 is 0 Å². The van der Waals surface area contributed by atoms with Gasteiger partial charge in [0, 0.05) is 18.1 Å². The topological polar surface area (TPSA) is 86.8 Å². The quantitative estimate of drug-likeness (QED) is 0.334. The lowest BCUT2D eigenvalue weighted by Crippen LogP contribution is -2.52. The molecule has 9 heteroatoms. The van der Waals surface area contributed by atoms with Gasteiger partial charge in [0.15, 0.2) is 0 Å². The summed E-state index contributed by atoms with van der Waals surface area (Å²) in [5.74, 6) is -0.766. The number of halogens is 1. The van der Waals surface area contributed by atoms with Gasteiger partial charge in [-0.05, 0) is 55.7 Å². The average Bonchev–Trinajstić information content (AvgIpc) is 2.91. The first kappa shape index (κ1) is 29.2. The van der Waals surface area contributed by atoms with Crippen molar-refractivity contribution in [1.29, 1.82) is 0 Å². The van der Waals surface area contributed by atoms with E-state index in [0.29, 0.717) is 18.0 Å². The minimum atomic E-state index is -4.13. The van der Waals surface area contributed by atoms with E-state index in [1.165, 1.54) is 23.1 Å². The summed E-state index contributed by atoms with van der Waals surface area (Å²) in [6, 6.07) is 21.4. The van der Waals surface area contributed by atoms with Crippen LogP contribution in [0.4, 0.5) is 5.69 Å². The van der Waals surface area contributed by atoms with Gasteiger partial charge in [-0.3, -0.25) is 13.9 Å². The van der Waals surface area contributed by atoms with E-state index < -0.39 is 28.5 Å². The van der Waals surface area contributed by atoms with E-state index in [1.54, 1.807) is 30.3 Å². The van der Waals surface area contributed by atoms with Crippen molar-refractivity contribution in [2.45, 2.75) is 51.1 Å². The molecule has 0 aliphatic rings. The Labute approximate surface area is 230 Å². The zero-order valence-electron chi connectivity index (χ0n) is 21.9. The van der Waals surface area contributed by atoms with Crippen LogP contribution in [0.25, 0.3) is 0 Å². The third-order valence-electron chi connectivity index (χ3n) is 6.11. The van der Waals surface area contributed by atoms with Crippen LogP contribution < -0.4 is 9.62 Å². The van der Waals surface area contributed by atoms with Crippen LogP contribution in [0.15, 0.2) is 83.8 Å². The van der Waals surface area contributed by atoms with Crippen molar-refractivity contribution in [3.05, 3.63) is 95.0 Å². The molecule has 2 amide bonds. The minimum absolute atomic E-state index is 0.0539. The summed E-state index contributed by atoms with van der Waals surface area (Å²) in [6.45, 7) is 5.79. The fraction of sp³-hybridized carbons (Fsp3) is 0.310. The Kier molecular flexibility index (Phi) is 10.3. The number of carbonyl (C=O) groups excluding carboxylic acids is 2. The van der Waals surface area contributed by atoms with Crippen molar-refractivity contribution >= 4 is 39.1 Å². The third-order valence-corrected chi connectivity index (χ3v) is 8.14. The van der Waals surface area contributed by atoms with Crippen LogP contribution in [0.5, 0.6) is 0 Å². The van der Waals surface area contributed by atoms with E-state index in [9.17, 15) is 18.0 Å². The summed E-state index contributed by atoms with van der Waals surface area (Å²) in [5, 5.41) is 3.21. The molecule has 0 bridgehead atoms. The number of rotatable bonds is 12. The molecule has 1 N–H and O–H groups in total. The molecule has 0 saturated carbocycles. The molecule has 3 aromatic rings. The van der Waals surface area contributed by atoms with Crippen LogP contribution >= 0.6 is 11.6 Å². The number of amides is 2. The Hall–Kier alpha value is -3.36. The van der Waals surface area contributed by atoms with Gasteiger partial charge in [-0.25, -0.2) is 8.42 Å². The Morgan fingerprint density at radius 3 is 2.24 bits per heavy atom. The van der Waals surface area contributed by atoms with E-state index in [4.69, 9.17) is 11.6 Å². The van der Waals surface area contributed by atoms with Crippen LogP contribution in [0.2, 0.25) is 5.02 Å². The standard InChI is InChI=1S/C29H34ClN3O4S/c1-4-18-31-29(35)27(5-2)32(20-23-10-7-6-8-11-23)28(34)21-33(25-13-9-12-24(30)19-25)38(36,37)26-16-14-22(3)15-17-26/h6-17,19,27H,4-5,18,20-21H2,1-3H3,(H,31,35). The largest absolute Gasteiger partial charge is 0.354 e. The number of hydrogen-bond donors (Lipinski definition) is 1. The van der Waals surface area contributed by atoms with Crippen molar-refractivity contribution in [3.63, 3.8) is 0 Å². The number of aryl methyl sites for hydroxylation is 1. The number of hydrogen-bond acceptors (Lipinski definition) is 4. The highest BCUT2D eigenvalue weighted by Gasteiger charge is 2.33. The molecule has 1 atom stereocenters. The summed E-state index contributed by atoms with van der Waals surface area (Å²) in [4.78, 5) is 28.5. The SMILES string of the molecule is CCCNC(=O)C(CC)N(Cc1ccccc1)C(=O)CN(c1cccc(Cl)c1)S(=O)(=O)c1ccc(C)cc1. The van der Waals surface area contributed by atoms with Gasteiger partial charge >= 0.3 is 0 Å². The molecular formula is C29H34ClN3O4S. The lowest BCUT2D eigenvalue weighted by atomic mass is 10.1. The number of nitrogens with zero attached hydrogens (tertiary/aromatic N) is 2. The number of benzene rings is 3. The number of sulfonamides is 1. The van der Waals surface area contributed by atoms with Crippen LogP contribution in [0.1, 0.15) is 37.8 Å². The lowest BCUT2D eigenvalue weighted by Gasteiger charge is -2.33. The molecule has 0 heterocycles. The Bertz CT molecular complexity index is 1330. The van der Waals surface area contributed by atoms with Gasteiger partial charge in [-0.15, -0.1) is 0 Å². The maximum absolute atomic E-state index is 13.9. The van der Waals surface area contributed by atoms with E-state index in [1.807, 2.05) is 51.1 Å². The van der Waals surface area contributed by atoms with Crippen molar-refractivity contribution in [2.75, 3.05) is 17.4 Å². The molecule has 7 nitrogen and oxygen atoms in total. The van der Waals surface area contributed by atoms with Crippen LogP contribution in [0.3, 0.4) is 0 Å². The lowest BCUT2D eigenvalue weighted by molar-refractivity contribution is -0.140. The first-order valence-corrected chi connectivity index (χ1v) is 14.4. The fourth-order valence-corrected chi connectivity index (χ4v) is 5.65. The summed E-state index contributed by atoms with van der Waals surface area (Å²) in [6.07, 6.45) is 1.13. The second kappa shape index (κ2) is 13.4. The highest BCUT2D eigenvalue weighted by Crippen LogP contribution is 2.27. The summed E-state index contributed by atoms with van der Waals surface area (Å²) in [5.41, 5.74) is 2.00. The first-order valence-electron chi connectivity index (χ1n) is 12.6. The zero-order chi connectivity index (χ0) is 27.7. The maximum atomic E-state index is 13.9. The summed E-state index contributed by atoms with van der Waals surface area (Å²) < 4.78 is 28.7. The molecule has 0 aliphatic heterocycles. The normalized spacial score (nSPS) is 12.0. The van der Waals surface area contributed by atoms with Crippen LogP contribution in [-0.2, 0) is 26.2 Å². The molecule has 0 saturated heterocycles. The highest BCUT2D eigenvalue weighted by atomic mass is 35.5. The molecule has 202 valence electrons. The molecule has 0 fully saturated rings. The zero-order valence-corrected chi connectivity index (χ0v) is 23.5. The van der Waals surface area contributed by atoms with E-state index in [2.05, 4.69) is 5.32 Å². The molecule has 0 spiro atoms. The van der Waals surface area contributed by atoms with Crippen molar-refractivity contribution in [1.82, 2.24) is 10.2 Å². The second-order valence-corrected chi connectivity index (χ2v) is 11.3. The first-order chi connectivity index (χ1) is 18.2. The molecule has 1 unspecified atom stereocenters. The number of nitrogens with one attached hydrogen (secondary N) is 1. The fourth-order valence-electron chi connectivity index (χ4n) is 4.06. The van der Waals surface area contributed by atoms with Gasteiger partial charge in [0.2, 0.25) is 11.8 Å². The Morgan fingerprint density at radius 1 is 0.947 bits per heavy atom. The minimum Gasteiger partial charge on any atom is -0.354 e. The smallest absolute Gasteiger partial charge is 0.264 e. The van der Waals surface area contributed by atoms with Crippen LogP contribution in [0, 0.1) is 6.92 Å². The highest BCUT2D eigenvalue weighted by molar-refractivity contribution is 7.92. The molecule has 3 aromatic carbocycles. The third kappa shape index (κ3) is 7.36. The number of carbonyl (C=O) groups is 2. The molecule has 3 rings (SSSR count). The second-order valence-electron chi connectivity index (χ2n) is 9.03. The monoisotopic (exact) mass is 555 g/mol. The van der Waals surface area contributed by atoms with Gasteiger partial charge in [0.05, 0.1) is 10.6 Å². The summed E-state index contributed by atoms with van der Waals surface area (Å²) in [7, 11) is -4.13. The predicted molar refractivity (Wildman–Crippen MR) is 152 cm³/mol. The maximum Gasteiger partial charge on any atom is 0.264 e. The van der Waals surface area contributed by atoms with Gasteiger partial charge in [-0.2, -0.15) is 0 Å². The van der Waals surface area contributed by atoms with Gasteiger partial charge in [0.1, 0.15) is 12.6 Å². The van der Waals surface area contributed by atoms with Gasteiger partial charge < -0.3 is 10.2 Å². The molecule has 0 radical (unpaired) electrons.